The zero-order valence-electron chi connectivity index (χ0n) is 16.7. The Bertz CT molecular complexity index is 1020. The van der Waals surface area contributed by atoms with Crippen molar-refractivity contribution in [3.8, 4) is 0 Å². The van der Waals surface area contributed by atoms with E-state index in [0.29, 0.717) is 11.6 Å². The van der Waals surface area contributed by atoms with Crippen LogP contribution in [-0.2, 0) is 9.59 Å². The van der Waals surface area contributed by atoms with Crippen LogP contribution in [0.25, 0.3) is 0 Å². The number of hydrogen-bond donors (Lipinski definition) is 3. The zero-order chi connectivity index (χ0) is 20.5. The second-order valence-corrected chi connectivity index (χ2v) is 7.81. The van der Waals surface area contributed by atoms with E-state index in [2.05, 4.69) is 20.6 Å². The molecule has 1 aromatic carbocycles. The highest BCUT2D eigenvalue weighted by molar-refractivity contribution is 6.04. The number of amides is 2. The molecule has 8 nitrogen and oxygen atoms in total. The highest BCUT2D eigenvalue weighted by Gasteiger charge is 2.35. The van der Waals surface area contributed by atoms with Crippen LogP contribution in [0.1, 0.15) is 48.3 Å². The Morgan fingerprint density at radius 2 is 1.93 bits per heavy atom. The predicted octanol–water partition coefficient (Wildman–Crippen LogP) is 2.44. The molecule has 1 aromatic heterocycles. The fourth-order valence-electron chi connectivity index (χ4n) is 4.01. The van der Waals surface area contributed by atoms with Crippen LogP contribution in [0.2, 0.25) is 0 Å². The first-order chi connectivity index (χ1) is 13.9. The van der Waals surface area contributed by atoms with Crippen LogP contribution >= 0.6 is 0 Å². The van der Waals surface area contributed by atoms with Crippen molar-refractivity contribution in [2.75, 3.05) is 28.6 Å². The molecule has 0 spiro atoms. The van der Waals surface area contributed by atoms with Crippen LogP contribution in [0.15, 0.2) is 23.0 Å². The molecule has 1 saturated heterocycles. The number of carbonyl (C=O) groups is 2. The number of nitrogens with one attached hydrogen (secondary N) is 3. The molecule has 0 radical (unpaired) electrons. The van der Waals surface area contributed by atoms with Gasteiger partial charge in [-0.25, -0.2) is 0 Å². The molecule has 1 atom stereocenters. The van der Waals surface area contributed by atoms with Crippen molar-refractivity contribution >= 4 is 29.3 Å². The Morgan fingerprint density at radius 1 is 1.17 bits per heavy atom. The average Bonchev–Trinajstić information content (AvgIpc) is 2.69. The van der Waals surface area contributed by atoms with Gasteiger partial charge in [0.2, 0.25) is 17.8 Å². The third-order valence-corrected chi connectivity index (χ3v) is 5.55. The van der Waals surface area contributed by atoms with E-state index in [1.807, 2.05) is 36.9 Å². The van der Waals surface area contributed by atoms with E-state index < -0.39 is 5.92 Å². The number of benzene rings is 1. The molecule has 2 aromatic rings. The van der Waals surface area contributed by atoms with Gasteiger partial charge in [0, 0.05) is 25.2 Å². The summed E-state index contributed by atoms with van der Waals surface area (Å²) in [6.45, 7) is 5.51. The number of H-pyrrole nitrogens is 1. The maximum Gasteiger partial charge on any atom is 0.258 e. The van der Waals surface area contributed by atoms with E-state index >= 15 is 0 Å². The van der Waals surface area contributed by atoms with Gasteiger partial charge >= 0.3 is 0 Å². The fourth-order valence-corrected chi connectivity index (χ4v) is 4.01. The molecule has 2 aliphatic rings. The summed E-state index contributed by atoms with van der Waals surface area (Å²) < 4.78 is 0. The predicted molar refractivity (Wildman–Crippen MR) is 111 cm³/mol. The van der Waals surface area contributed by atoms with Gasteiger partial charge in [-0.2, -0.15) is 4.98 Å². The molecule has 2 amide bonds. The first-order valence-electron chi connectivity index (χ1n) is 9.99. The number of aromatic amines is 1. The van der Waals surface area contributed by atoms with Crippen molar-refractivity contribution < 1.29 is 9.59 Å². The van der Waals surface area contributed by atoms with Crippen molar-refractivity contribution in [1.82, 2.24) is 9.97 Å². The smallest absolute Gasteiger partial charge is 0.258 e. The summed E-state index contributed by atoms with van der Waals surface area (Å²) in [4.78, 5) is 47.4. The van der Waals surface area contributed by atoms with Crippen molar-refractivity contribution in [2.24, 2.45) is 0 Å². The second-order valence-electron chi connectivity index (χ2n) is 7.81. The number of fused-ring (bicyclic) bond motifs is 1. The topological polar surface area (TPSA) is 107 Å². The number of rotatable bonds is 3. The fraction of sp³-hybridized carbons (Fsp3) is 0.429. The van der Waals surface area contributed by atoms with Crippen molar-refractivity contribution in [1.29, 1.82) is 0 Å². The molecular weight excluding hydrogens is 370 g/mol. The molecule has 0 bridgehead atoms. The maximum atomic E-state index is 13.0. The van der Waals surface area contributed by atoms with Crippen molar-refractivity contribution in [2.45, 2.75) is 45.4 Å². The van der Waals surface area contributed by atoms with Gasteiger partial charge in [0.15, 0.2) is 0 Å². The van der Waals surface area contributed by atoms with Crippen LogP contribution in [0.3, 0.4) is 0 Å². The molecule has 1 unspecified atom stereocenters. The summed E-state index contributed by atoms with van der Waals surface area (Å²) in [5.74, 6) is -0.950. The lowest BCUT2D eigenvalue weighted by atomic mass is 9.92. The van der Waals surface area contributed by atoms with Crippen LogP contribution in [0.5, 0.6) is 0 Å². The third-order valence-electron chi connectivity index (χ3n) is 5.55. The molecular formula is C21H25N5O3. The normalized spacial score (nSPS) is 18.8. The zero-order valence-corrected chi connectivity index (χ0v) is 16.7. The summed E-state index contributed by atoms with van der Waals surface area (Å²) >= 11 is 0. The number of carbonyl (C=O) groups excluding carboxylic acids is 2. The van der Waals surface area contributed by atoms with Gasteiger partial charge in [-0.3, -0.25) is 19.4 Å². The van der Waals surface area contributed by atoms with Gasteiger partial charge in [0.25, 0.3) is 5.56 Å². The lowest BCUT2D eigenvalue weighted by Crippen LogP contribution is -2.38. The molecule has 29 heavy (non-hydrogen) atoms. The molecule has 3 heterocycles. The number of aryl methyl sites for hydroxylation is 2. The Hall–Kier alpha value is -3.16. The molecule has 0 aliphatic carbocycles. The summed E-state index contributed by atoms with van der Waals surface area (Å²) in [5, 5.41) is 5.53. The van der Waals surface area contributed by atoms with Gasteiger partial charge in [0.05, 0.1) is 11.5 Å². The minimum atomic E-state index is -0.883. The largest absolute Gasteiger partial charge is 0.342 e. The number of aromatic nitrogens is 2. The van der Waals surface area contributed by atoms with E-state index in [1.54, 1.807) is 0 Å². The molecule has 0 saturated carbocycles. The van der Waals surface area contributed by atoms with Crippen LogP contribution in [-0.4, -0.2) is 34.9 Å². The summed E-state index contributed by atoms with van der Waals surface area (Å²) in [7, 11) is 0. The van der Waals surface area contributed by atoms with Gasteiger partial charge in [-0.05, 0) is 44.7 Å². The standard InChI is InChI=1S/C21H25N5O3/c1-12-6-7-15(13(2)10-12)22-19(28)14-11-16(27)23-18-17(14)20(29)25-21(24-18)26-8-4-3-5-9-26/h6-7,10,14H,3-5,8-9,11H2,1-2H3,(H,22,28)(H2,23,24,25,27,29). The first-order valence-corrected chi connectivity index (χ1v) is 9.99. The van der Waals surface area contributed by atoms with Gasteiger partial charge in [-0.15, -0.1) is 0 Å². The molecule has 3 N–H and O–H groups in total. The molecule has 1 fully saturated rings. The highest BCUT2D eigenvalue weighted by atomic mass is 16.2. The van der Waals surface area contributed by atoms with E-state index in [-0.39, 0.29) is 35.2 Å². The Labute approximate surface area is 168 Å². The molecule has 8 heteroatoms. The minimum absolute atomic E-state index is 0.0858. The summed E-state index contributed by atoms with van der Waals surface area (Å²) in [6, 6.07) is 5.70. The van der Waals surface area contributed by atoms with Gasteiger partial charge in [0.1, 0.15) is 5.82 Å². The Balaban J connectivity index is 1.65. The van der Waals surface area contributed by atoms with Crippen LogP contribution in [0, 0.1) is 13.8 Å². The minimum Gasteiger partial charge on any atom is -0.342 e. The molecule has 152 valence electrons. The monoisotopic (exact) mass is 395 g/mol. The number of nitrogens with zero attached hydrogens (tertiary/aromatic N) is 2. The van der Waals surface area contributed by atoms with Gasteiger partial charge in [-0.1, -0.05) is 17.7 Å². The van der Waals surface area contributed by atoms with Gasteiger partial charge < -0.3 is 15.5 Å². The average molecular weight is 395 g/mol. The number of anilines is 3. The van der Waals surface area contributed by atoms with Crippen LogP contribution < -0.4 is 21.1 Å². The summed E-state index contributed by atoms with van der Waals surface area (Å²) in [5.41, 5.74) is 2.52. The number of piperidine rings is 1. The van der Waals surface area contributed by atoms with E-state index in [4.69, 9.17) is 0 Å². The first kappa shape index (κ1) is 19.2. The Kier molecular flexibility index (Phi) is 5.08. The third kappa shape index (κ3) is 3.87. The molecule has 4 rings (SSSR count). The van der Waals surface area contributed by atoms with E-state index in [9.17, 15) is 14.4 Å². The van der Waals surface area contributed by atoms with E-state index in [1.165, 1.54) is 0 Å². The lowest BCUT2D eigenvalue weighted by molar-refractivity contribution is -0.123. The van der Waals surface area contributed by atoms with Crippen LogP contribution in [0.4, 0.5) is 17.5 Å². The van der Waals surface area contributed by atoms with E-state index in [0.717, 1.165) is 43.5 Å². The number of hydrogen-bond acceptors (Lipinski definition) is 5. The lowest BCUT2D eigenvalue weighted by Gasteiger charge is -2.29. The maximum absolute atomic E-state index is 13.0. The second kappa shape index (κ2) is 7.69. The van der Waals surface area contributed by atoms with Crippen molar-refractivity contribution in [3.05, 3.63) is 45.2 Å². The SMILES string of the molecule is Cc1ccc(NC(=O)C2CC(=O)Nc3nc(N4CCCCC4)[nH]c(=O)c32)c(C)c1. The highest BCUT2D eigenvalue weighted by Crippen LogP contribution is 2.31. The Morgan fingerprint density at radius 3 is 2.66 bits per heavy atom. The molecule has 2 aliphatic heterocycles. The summed E-state index contributed by atoms with van der Waals surface area (Å²) in [6.07, 6.45) is 3.14. The quantitative estimate of drug-likeness (QED) is 0.740. The van der Waals surface area contributed by atoms with Crippen molar-refractivity contribution in [3.63, 3.8) is 0 Å².